The fourth-order valence-electron chi connectivity index (χ4n) is 5.52. The van der Waals surface area contributed by atoms with Crippen molar-refractivity contribution in [3.8, 4) is 0 Å². The zero-order valence-corrected chi connectivity index (χ0v) is 25.3. The Kier molecular flexibility index (Phi) is 9.35. The highest BCUT2D eigenvalue weighted by Gasteiger charge is 2.35. The molecule has 2 aromatic rings. The van der Waals surface area contributed by atoms with Gasteiger partial charge in [-0.05, 0) is 48.4 Å². The van der Waals surface area contributed by atoms with Crippen molar-refractivity contribution in [2.24, 2.45) is 5.92 Å². The van der Waals surface area contributed by atoms with Gasteiger partial charge in [0.1, 0.15) is 5.78 Å². The van der Waals surface area contributed by atoms with Crippen LogP contribution in [0.4, 0.5) is 0 Å². The Bertz CT molecular complexity index is 1500. The highest BCUT2D eigenvalue weighted by atomic mass is 32.2. The normalized spacial score (nSPS) is 20.3. The van der Waals surface area contributed by atoms with Crippen LogP contribution >= 0.6 is 0 Å². The summed E-state index contributed by atoms with van der Waals surface area (Å²) in [5.41, 5.74) is 1.48. The van der Waals surface area contributed by atoms with Crippen LogP contribution in [0.15, 0.2) is 58.3 Å². The van der Waals surface area contributed by atoms with E-state index in [0.717, 1.165) is 18.1 Å². The van der Waals surface area contributed by atoms with Gasteiger partial charge in [0.15, 0.2) is 19.7 Å². The Balaban J connectivity index is 1.38. The van der Waals surface area contributed by atoms with E-state index in [9.17, 15) is 31.2 Å². The average Bonchev–Trinajstić information content (AvgIpc) is 3.37. The number of Topliss-reactive ketones (excluding diaryl/α,β-unsaturated/α-hetero) is 1. The van der Waals surface area contributed by atoms with Gasteiger partial charge in [-0.2, -0.15) is 0 Å². The maximum Gasteiger partial charge on any atom is 0.227 e. The van der Waals surface area contributed by atoms with Crippen LogP contribution in [0.3, 0.4) is 0 Å². The van der Waals surface area contributed by atoms with Crippen LogP contribution in [0.5, 0.6) is 0 Å². The van der Waals surface area contributed by atoms with E-state index in [1.807, 2.05) is 4.90 Å². The summed E-state index contributed by atoms with van der Waals surface area (Å²) >= 11 is 0. The predicted octanol–water partition coefficient (Wildman–Crippen LogP) is 1.23. The maximum absolute atomic E-state index is 13.4. The molecule has 0 saturated carbocycles. The molecule has 41 heavy (non-hydrogen) atoms. The van der Waals surface area contributed by atoms with Gasteiger partial charge in [0.25, 0.3) is 0 Å². The fraction of sp³-hybridized carbons (Fsp3) is 0.483. The van der Waals surface area contributed by atoms with Crippen molar-refractivity contribution in [3.63, 3.8) is 0 Å². The third-order valence-electron chi connectivity index (χ3n) is 7.88. The molecule has 2 saturated heterocycles. The van der Waals surface area contributed by atoms with Crippen molar-refractivity contribution in [1.29, 1.82) is 0 Å². The summed E-state index contributed by atoms with van der Waals surface area (Å²) < 4.78 is 46.9. The van der Waals surface area contributed by atoms with Crippen molar-refractivity contribution >= 4 is 37.3 Å². The molecule has 2 amide bonds. The standard InChI is InChI=1S/C29H37N3O7S2/c1-21(33)31-14-15-32(29(35)17-23-6-10-27(11-7-23)41(3,38)39)25(20-31)19-30-13-12-24(18-30)28(34)16-22-4-8-26(9-5-22)40(2,36)37/h4-11,24-25H,12-20H2,1-3H3. The smallest absolute Gasteiger partial charge is 0.227 e. The number of hydrogen-bond donors (Lipinski definition) is 0. The van der Waals surface area contributed by atoms with Gasteiger partial charge in [-0.15, -0.1) is 0 Å². The second kappa shape index (κ2) is 12.4. The number of nitrogens with zero attached hydrogens (tertiary/aromatic N) is 3. The molecular weight excluding hydrogens is 566 g/mol. The van der Waals surface area contributed by atoms with Crippen molar-refractivity contribution in [2.75, 3.05) is 51.8 Å². The summed E-state index contributed by atoms with van der Waals surface area (Å²) in [6, 6.07) is 12.5. The van der Waals surface area contributed by atoms with Crippen LogP contribution < -0.4 is 0 Å². The monoisotopic (exact) mass is 603 g/mol. The molecule has 0 aliphatic carbocycles. The Morgan fingerprint density at radius 2 is 1.29 bits per heavy atom. The number of rotatable bonds is 9. The first-order chi connectivity index (χ1) is 19.2. The molecule has 12 heteroatoms. The Morgan fingerprint density at radius 3 is 1.80 bits per heavy atom. The molecule has 222 valence electrons. The second-order valence-corrected chi connectivity index (χ2v) is 15.1. The van der Waals surface area contributed by atoms with Gasteiger partial charge in [-0.1, -0.05) is 24.3 Å². The van der Waals surface area contributed by atoms with Crippen molar-refractivity contribution in [2.45, 2.75) is 42.0 Å². The predicted molar refractivity (Wildman–Crippen MR) is 154 cm³/mol. The van der Waals surface area contributed by atoms with Crippen LogP contribution in [-0.4, -0.2) is 107 Å². The quantitative estimate of drug-likeness (QED) is 0.419. The Labute approximate surface area is 242 Å². The number of hydrogen-bond acceptors (Lipinski definition) is 8. The van der Waals surface area contributed by atoms with Crippen molar-refractivity contribution < 1.29 is 31.2 Å². The van der Waals surface area contributed by atoms with E-state index in [2.05, 4.69) is 4.90 Å². The molecule has 0 radical (unpaired) electrons. The first-order valence-electron chi connectivity index (χ1n) is 13.6. The first kappa shape index (κ1) is 30.9. The van der Waals surface area contributed by atoms with Gasteiger partial charge in [0, 0.05) is 64.5 Å². The number of amides is 2. The Hall–Kier alpha value is -3.09. The lowest BCUT2D eigenvalue weighted by molar-refractivity contribution is -0.142. The van der Waals surface area contributed by atoms with E-state index in [-0.39, 0.29) is 52.2 Å². The zero-order valence-electron chi connectivity index (χ0n) is 23.7. The minimum Gasteiger partial charge on any atom is -0.339 e. The number of ketones is 1. The largest absolute Gasteiger partial charge is 0.339 e. The summed E-state index contributed by atoms with van der Waals surface area (Å²) in [4.78, 5) is 44.7. The number of carbonyl (C=O) groups is 3. The third kappa shape index (κ3) is 8.02. The molecular formula is C29H37N3O7S2. The molecule has 4 rings (SSSR count). The lowest BCUT2D eigenvalue weighted by atomic mass is 9.97. The van der Waals surface area contributed by atoms with Gasteiger partial charge in [-0.25, -0.2) is 16.8 Å². The van der Waals surface area contributed by atoms with Gasteiger partial charge in [0.05, 0.1) is 22.3 Å². The van der Waals surface area contributed by atoms with E-state index in [1.165, 1.54) is 31.2 Å². The van der Waals surface area contributed by atoms with Gasteiger partial charge in [0.2, 0.25) is 11.8 Å². The first-order valence-corrected chi connectivity index (χ1v) is 17.4. The van der Waals surface area contributed by atoms with Crippen LogP contribution in [0.2, 0.25) is 0 Å². The highest BCUT2D eigenvalue weighted by Crippen LogP contribution is 2.23. The highest BCUT2D eigenvalue weighted by molar-refractivity contribution is 7.91. The number of carbonyl (C=O) groups excluding carboxylic acids is 3. The van der Waals surface area contributed by atoms with E-state index < -0.39 is 19.7 Å². The minimum absolute atomic E-state index is 0.0465. The molecule has 2 aliphatic heterocycles. The van der Waals surface area contributed by atoms with Crippen LogP contribution in [0.1, 0.15) is 24.5 Å². The van der Waals surface area contributed by atoms with Crippen molar-refractivity contribution in [1.82, 2.24) is 14.7 Å². The van der Waals surface area contributed by atoms with Gasteiger partial charge < -0.3 is 14.7 Å². The molecule has 0 spiro atoms. The average molecular weight is 604 g/mol. The number of piperazine rings is 1. The molecule has 2 unspecified atom stereocenters. The topological polar surface area (TPSA) is 129 Å². The summed E-state index contributed by atoms with van der Waals surface area (Å²) in [7, 11) is -6.62. The fourth-order valence-corrected chi connectivity index (χ4v) is 6.78. The Morgan fingerprint density at radius 1 is 0.756 bits per heavy atom. The number of sulfone groups is 2. The summed E-state index contributed by atoms with van der Waals surface area (Å²) in [6.07, 6.45) is 3.34. The molecule has 2 aromatic carbocycles. The molecule has 2 atom stereocenters. The minimum atomic E-state index is -3.33. The lowest BCUT2D eigenvalue weighted by Gasteiger charge is -2.42. The third-order valence-corrected chi connectivity index (χ3v) is 10.1. The van der Waals surface area contributed by atoms with Gasteiger partial charge >= 0.3 is 0 Å². The zero-order chi connectivity index (χ0) is 29.9. The van der Waals surface area contributed by atoms with Crippen LogP contribution in [-0.2, 0) is 46.9 Å². The lowest BCUT2D eigenvalue weighted by Crippen LogP contribution is -2.59. The van der Waals surface area contributed by atoms with Crippen LogP contribution in [0, 0.1) is 5.92 Å². The molecule has 2 fully saturated rings. The summed E-state index contributed by atoms with van der Waals surface area (Å²) in [6.45, 7) is 4.59. The molecule has 0 bridgehead atoms. The number of benzene rings is 2. The van der Waals surface area contributed by atoms with E-state index in [1.54, 1.807) is 29.2 Å². The molecule has 0 N–H and O–H groups in total. The molecule has 0 aromatic heterocycles. The number of likely N-dealkylation sites (tertiary alicyclic amines) is 1. The van der Waals surface area contributed by atoms with Crippen LogP contribution in [0.25, 0.3) is 0 Å². The summed E-state index contributed by atoms with van der Waals surface area (Å²) in [5.74, 6) is -0.196. The van der Waals surface area contributed by atoms with Gasteiger partial charge in [-0.3, -0.25) is 14.4 Å². The van der Waals surface area contributed by atoms with E-state index >= 15 is 0 Å². The molecule has 2 aliphatic rings. The van der Waals surface area contributed by atoms with E-state index in [4.69, 9.17) is 0 Å². The molecule has 2 heterocycles. The second-order valence-electron chi connectivity index (χ2n) is 11.1. The maximum atomic E-state index is 13.4. The van der Waals surface area contributed by atoms with E-state index in [0.29, 0.717) is 51.3 Å². The SMILES string of the molecule is CC(=O)N1CCN(C(=O)Cc2ccc(S(C)(=O)=O)cc2)C(CN2CCC(C(=O)Cc3ccc(S(C)(=O)=O)cc3)C2)C1. The molecule has 10 nitrogen and oxygen atoms in total. The van der Waals surface area contributed by atoms with Crippen molar-refractivity contribution in [3.05, 3.63) is 59.7 Å². The summed E-state index contributed by atoms with van der Waals surface area (Å²) in [5, 5.41) is 0.